The Hall–Kier alpha value is -10.6. The fraction of sp³-hybridized carbons (Fsp3) is 0.0698. The largest absolute Gasteiger partial charge is 0.310 e. The normalized spacial score (nSPS) is 13.7. The molecule has 89 heavy (non-hydrogen) atoms. The highest BCUT2D eigenvalue weighted by Gasteiger charge is 2.38. The van der Waals surface area contributed by atoms with Crippen LogP contribution in [0.15, 0.2) is 279 Å². The summed E-state index contributed by atoms with van der Waals surface area (Å²) < 4.78 is 2.60. The summed E-state index contributed by atoms with van der Waals surface area (Å²) in [4.78, 5) is 4.85. The molecule has 2 nitrogen and oxygen atoms in total. The maximum atomic E-state index is 2.44. The van der Waals surface area contributed by atoms with Crippen LogP contribution in [0.25, 0.3) is 110 Å². The Labute approximate surface area is 523 Å². The number of anilines is 6. The van der Waals surface area contributed by atoms with Crippen molar-refractivity contribution in [1.82, 2.24) is 0 Å². The summed E-state index contributed by atoms with van der Waals surface area (Å²) in [6.45, 7) is 9.55. The molecule has 0 fully saturated rings. The van der Waals surface area contributed by atoms with Crippen molar-refractivity contribution in [2.75, 3.05) is 9.80 Å². The van der Waals surface area contributed by atoms with Crippen molar-refractivity contribution in [2.24, 2.45) is 0 Å². The lowest BCUT2D eigenvalue weighted by atomic mass is 9.81. The molecule has 0 N–H and O–H groups in total. The van der Waals surface area contributed by atoms with Gasteiger partial charge in [0.1, 0.15) is 0 Å². The van der Waals surface area contributed by atoms with Gasteiger partial charge in [-0.2, -0.15) is 0 Å². The van der Waals surface area contributed by atoms with Gasteiger partial charge in [0, 0.05) is 65.1 Å². The van der Waals surface area contributed by atoms with Crippen molar-refractivity contribution >= 4 is 133 Å². The van der Waals surface area contributed by atoms with Gasteiger partial charge in [0.05, 0.1) is 0 Å². The van der Waals surface area contributed by atoms with E-state index in [2.05, 4.69) is 341 Å². The minimum absolute atomic E-state index is 0.209. The lowest BCUT2D eigenvalue weighted by Gasteiger charge is -2.28. The van der Waals surface area contributed by atoms with Crippen LogP contribution < -0.4 is 9.80 Å². The number of rotatable bonds is 10. The summed E-state index contributed by atoms with van der Waals surface area (Å²) in [6, 6.07) is 104. The highest BCUT2D eigenvalue weighted by Crippen LogP contribution is 2.53. The van der Waals surface area contributed by atoms with E-state index in [0.717, 1.165) is 34.1 Å². The van der Waals surface area contributed by atoms with Gasteiger partial charge >= 0.3 is 0 Å². The summed E-state index contributed by atoms with van der Waals surface area (Å²) in [5, 5.41) is 12.4. The van der Waals surface area contributed by atoms with Crippen molar-refractivity contribution in [3.63, 3.8) is 0 Å². The molecular formula is C86H62N2S. The van der Waals surface area contributed by atoms with Crippen LogP contribution in [-0.2, 0) is 10.8 Å². The molecule has 0 bridgehead atoms. The molecule has 422 valence electrons. The SMILES string of the molecule is CC1(C)c2cc(/C=C/c3ccc4sc5ccc(/C=C/c6ccc7c(c6)C(C)(C)c6cc(N(c8ccc9ccccc9c8)c8ccc9ccccc9c8)ccc6-7)cc5c4c3)ccc2-c2ccc(N(c3ccc4ccccc4c3)c3ccc4ccccc4c3)cc21. The molecule has 15 aromatic rings. The molecule has 14 aromatic carbocycles. The zero-order valence-corrected chi connectivity index (χ0v) is 51.0. The van der Waals surface area contributed by atoms with Gasteiger partial charge in [0.2, 0.25) is 0 Å². The number of hydrogen-bond acceptors (Lipinski definition) is 3. The van der Waals surface area contributed by atoms with Gasteiger partial charge in [-0.3, -0.25) is 0 Å². The molecule has 1 heterocycles. The van der Waals surface area contributed by atoms with Gasteiger partial charge in [-0.25, -0.2) is 0 Å². The third-order valence-corrected chi connectivity index (χ3v) is 20.5. The molecule has 17 rings (SSSR count). The third-order valence-electron chi connectivity index (χ3n) is 19.3. The molecule has 0 saturated heterocycles. The lowest BCUT2D eigenvalue weighted by Crippen LogP contribution is -2.16. The van der Waals surface area contributed by atoms with Gasteiger partial charge in [-0.05, 0) is 207 Å². The second-order valence-corrected chi connectivity index (χ2v) is 26.5. The predicted molar refractivity (Wildman–Crippen MR) is 385 cm³/mol. The highest BCUT2D eigenvalue weighted by atomic mass is 32.1. The third kappa shape index (κ3) is 8.98. The van der Waals surface area contributed by atoms with Crippen molar-refractivity contribution in [3.8, 4) is 22.3 Å². The molecule has 0 spiro atoms. The molecule has 0 atom stereocenters. The fourth-order valence-electron chi connectivity index (χ4n) is 14.5. The molecule has 2 aliphatic carbocycles. The van der Waals surface area contributed by atoms with Crippen molar-refractivity contribution in [2.45, 2.75) is 38.5 Å². The van der Waals surface area contributed by atoms with E-state index in [1.165, 1.54) is 130 Å². The Balaban J connectivity index is 0.636. The van der Waals surface area contributed by atoms with E-state index in [1.807, 2.05) is 11.3 Å². The Morgan fingerprint density at radius 2 is 0.506 bits per heavy atom. The predicted octanol–water partition coefficient (Wildman–Crippen LogP) is 24.6. The number of hydrogen-bond donors (Lipinski definition) is 0. The van der Waals surface area contributed by atoms with E-state index >= 15 is 0 Å². The van der Waals surface area contributed by atoms with Crippen LogP contribution in [0.1, 0.15) is 72.2 Å². The van der Waals surface area contributed by atoms with Gasteiger partial charge in [0.15, 0.2) is 0 Å². The lowest BCUT2D eigenvalue weighted by molar-refractivity contribution is 0.660. The summed E-state index contributed by atoms with van der Waals surface area (Å²) in [7, 11) is 0. The van der Waals surface area contributed by atoms with E-state index in [4.69, 9.17) is 0 Å². The smallest absolute Gasteiger partial charge is 0.0468 e. The number of nitrogens with zero attached hydrogens (tertiary/aromatic N) is 2. The topological polar surface area (TPSA) is 6.48 Å². The Kier molecular flexibility index (Phi) is 12.2. The van der Waals surface area contributed by atoms with Crippen molar-refractivity contribution < 1.29 is 0 Å². The molecule has 1 aromatic heterocycles. The van der Waals surface area contributed by atoms with Crippen LogP contribution in [0.4, 0.5) is 34.1 Å². The molecular weight excluding hydrogens is 1090 g/mol. The van der Waals surface area contributed by atoms with Crippen LogP contribution in [0.3, 0.4) is 0 Å². The maximum Gasteiger partial charge on any atom is 0.0468 e. The minimum atomic E-state index is -0.209. The quantitative estimate of drug-likeness (QED) is 0.126. The van der Waals surface area contributed by atoms with Gasteiger partial charge < -0.3 is 9.80 Å². The first-order valence-corrected chi connectivity index (χ1v) is 31.8. The van der Waals surface area contributed by atoms with Gasteiger partial charge in [0.25, 0.3) is 0 Å². The molecule has 3 heteroatoms. The van der Waals surface area contributed by atoms with Crippen LogP contribution in [0, 0.1) is 0 Å². The molecule has 0 unspecified atom stereocenters. The zero-order valence-electron chi connectivity index (χ0n) is 50.2. The molecule has 0 aliphatic heterocycles. The number of thiophene rings is 1. The van der Waals surface area contributed by atoms with Gasteiger partial charge in [-0.15, -0.1) is 11.3 Å². The second-order valence-electron chi connectivity index (χ2n) is 25.4. The summed E-state index contributed by atoms with van der Waals surface area (Å²) in [5.41, 5.74) is 21.9. The average molecular weight is 1160 g/mol. The first-order valence-electron chi connectivity index (χ1n) is 31.0. The van der Waals surface area contributed by atoms with Crippen LogP contribution in [-0.4, -0.2) is 0 Å². The zero-order chi connectivity index (χ0) is 59.5. The monoisotopic (exact) mass is 1150 g/mol. The van der Waals surface area contributed by atoms with Crippen LogP contribution in [0.5, 0.6) is 0 Å². The van der Waals surface area contributed by atoms with E-state index in [9.17, 15) is 0 Å². The van der Waals surface area contributed by atoms with Gasteiger partial charge in [-0.1, -0.05) is 234 Å². The Bertz CT molecular complexity index is 4980. The number of benzene rings is 14. The highest BCUT2D eigenvalue weighted by molar-refractivity contribution is 7.25. The van der Waals surface area contributed by atoms with E-state index in [0.29, 0.717) is 0 Å². The van der Waals surface area contributed by atoms with Crippen LogP contribution >= 0.6 is 11.3 Å². The summed E-state index contributed by atoms with van der Waals surface area (Å²) in [6.07, 6.45) is 9.15. The fourth-order valence-corrected chi connectivity index (χ4v) is 15.6. The van der Waals surface area contributed by atoms with Crippen molar-refractivity contribution in [3.05, 3.63) is 324 Å². The minimum Gasteiger partial charge on any atom is -0.310 e. The van der Waals surface area contributed by atoms with Crippen LogP contribution in [0.2, 0.25) is 0 Å². The Morgan fingerprint density at radius 3 is 0.843 bits per heavy atom. The molecule has 0 amide bonds. The molecule has 0 radical (unpaired) electrons. The van der Waals surface area contributed by atoms with E-state index < -0.39 is 0 Å². The first kappa shape index (κ1) is 52.7. The van der Waals surface area contributed by atoms with E-state index in [-0.39, 0.29) is 10.8 Å². The standard InChI is InChI=1S/C86H62N2S/c1-85(2)79-47-57(25-39-73(79)75-41-37-71(53-81(75)85)87(67-33-29-59-13-5-9-17-63(59)49-67)68-34-30-60-14-6-10-18-64(60)50-68)23-21-55-27-43-83-77(45-55)78-46-56(28-44-84(78)89-83)22-24-58-26-40-74-76-42-38-72(54-82(76)86(3,4)80(74)48-58)88(69-35-31-61-15-7-11-19-65(61)51-69)70-36-32-62-16-8-12-20-66(62)52-70/h5-54H,1-4H3/b23-21+,24-22+. The van der Waals surface area contributed by atoms with Crippen molar-refractivity contribution in [1.29, 1.82) is 0 Å². The first-order chi connectivity index (χ1) is 43.5. The second kappa shape index (κ2) is 20.5. The Morgan fingerprint density at radius 1 is 0.247 bits per heavy atom. The molecule has 2 aliphatic rings. The molecule has 0 saturated carbocycles. The summed E-state index contributed by atoms with van der Waals surface area (Å²) >= 11 is 1.87. The van der Waals surface area contributed by atoms with E-state index in [1.54, 1.807) is 0 Å². The number of fused-ring (bicyclic) bond motifs is 13. The average Bonchev–Trinajstić information content (AvgIpc) is 1.66. The maximum absolute atomic E-state index is 2.44. The summed E-state index contributed by atoms with van der Waals surface area (Å²) in [5.74, 6) is 0.